The fourth-order valence-corrected chi connectivity index (χ4v) is 2.66. The number of pyridine rings is 1. The summed E-state index contributed by atoms with van der Waals surface area (Å²) in [6.07, 6.45) is 1.62. The Morgan fingerprint density at radius 2 is 2.29 bits per heavy atom. The number of carbonyl (C=O) groups excluding carboxylic acids is 1. The van der Waals surface area contributed by atoms with Crippen LogP contribution in [0, 0.1) is 0 Å². The molecular weight excluding hydrogens is 335 g/mol. The number of carbonyl (C=O) groups is 1. The van der Waals surface area contributed by atoms with E-state index in [1.54, 1.807) is 12.3 Å². The zero-order valence-electron chi connectivity index (χ0n) is 6.85. The average Bonchev–Trinajstić information content (AvgIpc) is 2.38. The molecule has 0 bridgehead atoms. The van der Waals surface area contributed by atoms with Crippen LogP contribution in [0.5, 0.6) is 0 Å². The molecule has 2 rings (SSSR count). The summed E-state index contributed by atoms with van der Waals surface area (Å²) in [5.74, 6) is 0.721. The quantitative estimate of drug-likeness (QED) is 0.799. The first-order chi connectivity index (χ1) is 6.57. The van der Waals surface area contributed by atoms with Gasteiger partial charge in [-0.25, -0.2) is 4.98 Å². The van der Waals surface area contributed by atoms with Gasteiger partial charge in [-0.3, -0.25) is 4.79 Å². The lowest BCUT2D eigenvalue weighted by Gasteiger charge is -2.13. The monoisotopic (exact) mass is 338 g/mol. The molecular formula is C8H5Br2ClN2O. The highest BCUT2D eigenvalue weighted by atomic mass is 79.9. The highest BCUT2D eigenvalue weighted by Crippen LogP contribution is 2.48. The third-order valence-electron chi connectivity index (χ3n) is 2.01. The lowest BCUT2D eigenvalue weighted by molar-refractivity contribution is -0.115. The normalized spacial score (nSPS) is 17.8. The van der Waals surface area contributed by atoms with Crippen molar-refractivity contribution >= 4 is 55.2 Å². The Morgan fingerprint density at radius 1 is 1.57 bits per heavy atom. The fraction of sp³-hybridized carbons (Fsp3) is 0.250. The fourth-order valence-electron chi connectivity index (χ4n) is 1.36. The van der Waals surface area contributed by atoms with E-state index in [2.05, 4.69) is 42.2 Å². The lowest BCUT2D eigenvalue weighted by Crippen LogP contribution is -2.21. The lowest BCUT2D eigenvalue weighted by atomic mass is 10.1. The van der Waals surface area contributed by atoms with Crippen molar-refractivity contribution in [2.24, 2.45) is 0 Å². The molecule has 1 amide bonds. The molecule has 0 saturated heterocycles. The van der Waals surface area contributed by atoms with Crippen LogP contribution in [0.25, 0.3) is 0 Å². The number of hydrogen-bond donors (Lipinski definition) is 1. The van der Waals surface area contributed by atoms with Crippen molar-refractivity contribution in [3.8, 4) is 0 Å². The van der Waals surface area contributed by atoms with Gasteiger partial charge in [0.15, 0.2) is 3.23 Å². The first-order valence-corrected chi connectivity index (χ1v) is 5.93. The van der Waals surface area contributed by atoms with E-state index in [9.17, 15) is 4.79 Å². The minimum atomic E-state index is -0.895. The molecule has 1 aliphatic heterocycles. The molecule has 0 aromatic carbocycles. The number of rotatable bonds is 1. The van der Waals surface area contributed by atoms with Crippen LogP contribution in [0.2, 0.25) is 0 Å². The maximum atomic E-state index is 11.5. The zero-order chi connectivity index (χ0) is 10.3. The molecule has 3 nitrogen and oxygen atoms in total. The summed E-state index contributed by atoms with van der Waals surface area (Å²) in [5.41, 5.74) is 1.64. The van der Waals surface area contributed by atoms with Gasteiger partial charge in [-0.2, -0.15) is 0 Å². The van der Waals surface area contributed by atoms with E-state index in [0.717, 1.165) is 11.1 Å². The third-order valence-corrected chi connectivity index (χ3v) is 3.81. The molecule has 0 aliphatic carbocycles. The zero-order valence-corrected chi connectivity index (χ0v) is 10.8. The van der Waals surface area contributed by atoms with Crippen molar-refractivity contribution in [1.82, 2.24) is 4.98 Å². The molecule has 1 aromatic rings. The first kappa shape index (κ1) is 10.4. The molecule has 0 radical (unpaired) electrons. The summed E-state index contributed by atoms with van der Waals surface area (Å²) in [6.45, 7) is 0. The van der Waals surface area contributed by atoms with Crippen LogP contribution in [0.1, 0.15) is 11.1 Å². The molecule has 0 unspecified atom stereocenters. The van der Waals surface area contributed by atoms with Crippen molar-refractivity contribution in [2.75, 3.05) is 5.32 Å². The summed E-state index contributed by atoms with van der Waals surface area (Å²) in [5, 5.41) is 2.66. The summed E-state index contributed by atoms with van der Waals surface area (Å²) in [4.78, 5) is 15.6. The van der Waals surface area contributed by atoms with Gasteiger partial charge in [0.2, 0.25) is 0 Å². The summed E-state index contributed by atoms with van der Waals surface area (Å²) in [7, 11) is 0. The molecule has 1 N–H and O–H groups in total. The van der Waals surface area contributed by atoms with Crippen molar-refractivity contribution < 1.29 is 4.79 Å². The largest absolute Gasteiger partial charge is 0.308 e. The Kier molecular flexibility index (Phi) is 2.57. The number of fused-ring (bicyclic) bond motifs is 1. The number of halogens is 3. The Hall–Kier alpha value is -0.130. The van der Waals surface area contributed by atoms with E-state index in [-0.39, 0.29) is 5.91 Å². The summed E-state index contributed by atoms with van der Waals surface area (Å²) >= 11 is 12.4. The SMILES string of the molecule is O=C1Nc2nccc(CCl)c2C1(Br)Br. The Balaban J connectivity index is 2.66. The predicted octanol–water partition coefficient (Wildman–Crippen LogP) is 2.72. The smallest absolute Gasteiger partial charge is 0.258 e. The molecule has 1 aromatic heterocycles. The van der Waals surface area contributed by atoms with Crippen molar-refractivity contribution in [3.05, 3.63) is 23.4 Å². The molecule has 1 aliphatic rings. The van der Waals surface area contributed by atoms with Crippen LogP contribution < -0.4 is 5.32 Å². The molecule has 2 heterocycles. The van der Waals surface area contributed by atoms with Crippen LogP contribution in [-0.4, -0.2) is 10.9 Å². The van der Waals surface area contributed by atoms with Gasteiger partial charge in [-0.1, -0.05) is 31.9 Å². The molecule has 74 valence electrons. The first-order valence-electron chi connectivity index (χ1n) is 3.81. The van der Waals surface area contributed by atoms with Crippen LogP contribution in [-0.2, 0) is 13.9 Å². The van der Waals surface area contributed by atoms with Crippen LogP contribution in [0.4, 0.5) is 5.82 Å². The average molecular weight is 340 g/mol. The van der Waals surface area contributed by atoms with E-state index in [4.69, 9.17) is 11.6 Å². The predicted molar refractivity (Wildman–Crippen MR) is 62.0 cm³/mol. The van der Waals surface area contributed by atoms with Crippen molar-refractivity contribution in [1.29, 1.82) is 0 Å². The van der Waals surface area contributed by atoms with Crippen molar-refractivity contribution in [2.45, 2.75) is 9.11 Å². The van der Waals surface area contributed by atoms with E-state index < -0.39 is 3.23 Å². The Morgan fingerprint density at radius 3 is 2.93 bits per heavy atom. The molecule has 0 atom stereocenters. The van der Waals surface area contributed by atoms with Crippen LogP contribution in [0.3, 0.4) is 0 Å². The number of aromatic nitrogens is 1. The Bertz CT molecular complexity index is 408. The second-order valence-electron chi connectivity index (χ2n) is 2.86. The summed E-state index contributed by atoms with van der Waals surface area (Å²) < 4.78 is -0.895. The van der Waals surface area contributed by atoms with Gasteiger partial charge in [-0.05, 0) is 11.6 Å². The van der Waals surface area contributed by atoms with Crippen LogP contribution in [0.15, 0.2) is 12.3 Å². The molecule has 0 spiro atoms. The minimum Gasteiger partial charge on any atom is -0.308 e. The second kappa shape index (κ2) is 3.47. The van der Waals surface area contributed by atoms with E-state index in [1.165, 1.54) is 0 Å². The van der Waals surface area contributed by atoms with Gasteiger partial charge in [0.1, 0.15) is 5.82 Å². The molecule has 14 heavy (non-hydrogen) atoms. The number of nitrogens with one attached hydrogen (secondary N) is 1. The number of nitrogens with zero attached hydrogens (tertiary/aromatic N) is 1. The number of alkyl halides is 3. The van der Waals surface area contributed by atoms with Gasteiger partial charge in [0, 0.05) is 17.6 Å². The molecule has 6 heteroatoms. The van der Waals surface area contributed by atoms with Crippen LogP contribution >= 0.6 is 43.5 Å². The summed E-state index contributed by atoms with van der Waals surface area (Å²) in [6, 6.07) is 1.80. The van der Waals surface area contributed by atoms with Gasteiger partial charge in [0.05, 0.1) is 0 Å². The topological polar surface area (TPSA) is 42.0 Å². The molecule has 0 fully saturated rings. The number of anilines is 1. The van der Waals surface area contributed by atoms with E-state index >= 15 is 0 Å². The third kappa shape index (κ3) is 1.38. The maximum Gasteiger partial charge on any atom is 0.258 e. The van der Waals surface area contributed by atoms with E-state index in [1.807, 2.05) is 0 Å². The minimum absolute atomic E-state index is 0.183. The van der Waals surface area contributed by atoms with Gasteiger partial charge in [0.25, 0.3) is 5.91 Å². The standard InChI is InChI=1S/C8H5Br2ClN2O/c9-8(10)5-4(3-11)1-2-12-6(5)13-7(8)14/h1-2H,3H2,(H,12,13,14). The maximum absolute atomic E-state index is 11.5. The Labute approximate surface area is 102 Å². The number of amides is 1. The van der Waals surface area contributed by atoms with Crippen molar-refractivity contribution in [3.63, 3.8) is 0 Å². The second-order valence-corrected chi connectivity index (χ2v) is 6.57. The van der Waals surface area contributed by atoms with Gasteiger partial charge < -0.3 is 5.32 Å². The van der Waals surface area contributed by atoms with E-state index in [0.29, 0.717) is 11.7 Å². The van der Waals surface area contributed by atoms with Gasteiger partial charge >= 0.3 is 0 Å². The molecule has 0 saturated carbocycles. The highest BCUT2D eigenvalue weighted by Gasteiger charge is 2.44. The number of hydrogen-bond acceptors (Lipinski definition) is 2. The van der Waals surface area contributed by atoms with Gasteiger partial charge in [-0.15, -0.1) is 11.6 Å². The highest BCUT2D eigenvalue weighted by molar-refractivity contribution is 9.25.